The first-order valence-corrected chi connectivity index (χ1v) is 17.5. The minimum atomic E-state index is -1.03. The standard InChI is InChI=1S/C38H41N3O8S/c42-23-25-14-16-27(17-15-25)33-21-31(24-50-36-32(37(45)46)11-6-18-39-36)48-38(49-33)30-10-5-9-29(20-30)28-8-4-7-26(19-28)22-40-34(43)12-2-1-3-13-35(44)41-47/h4-11,14-20,31,33,38,42,47H,1-3,12-13,21-24H2,(H,40,43)(H,41,44)(H,45,46)/t31-,33+,38+/m1/s1. The van der Waals surface area contributed by atoms with E-state index in [2.05, 4.69) is 10.3 Å². The quantitative estimate of drug-likeness (QED) is 0.0385. The molecular formula is C38H41N3O8S. The summed E-state index contributed by atoms with van der Waals surface area (Å²) in [6.45, 7) is 0.326. The number of hydrogen-bond donors (Lipinski definition) is 5. The number of carboxylic acids is 1. The maximum atomic E-state index is 12.4. The lowest BCUT2D eigenvalue weighted by Gasteiger charge is -2.36. The van der Waals surface area contributed by atoms with Gasteiger partial charge in [0.15, 0.2) is 6.29 Å². The minimum absolute atomic E-state index is 0.0534. The Morgan fingerprint density at radius 3 is 2.30 bits per heavy atom. The Balaban J connectivity index is 1.27. The third-order valence-corrected chi connectivity index (χ3v) is 9.50. The van der Waals surface area contributed by atoms with Crippen LogP contribution in [0.2, 0.25) is 0 Å². The number of nitrogens with one attached hydrogen (secondary N) is 2. The number of carbonyl (C=O) groups excluding carboxylic acids is 2. The number of aliphatic hydroxyl groups excluding tert-OH is 1. The van der Waals surface area contributed by atoms with Crippen LogP contribution in [0.5, 0.6) is 0 Å². The van der Waals surface area contributed by atoms with Crippen LogP contribution in [-0.2, 0) is 32.2 Å². The van der Waals surface area contributed by atoms with Crippen LogP contribution >= 0.6 is 11.8 Å². The van der Waals surface area contributed by atoms with E-state index in [4.69, 9.17) is 14.7 Å². The molecule has 0 radical (unpaired) electrons. The van der Waals surface area contributed by atoms with Crippen molar-refractivity contribution in [3.8, 4) is 11.1 Å². The molecule has 1 aromatic heterocycles. The molecular weight excluding hydrogens is 658 g/mol. The number of aromatic nitrogens is 1. The number of rotatable bonds is 16. The van der Waals surface area contributed by atoms with Crippen LogP contribution in [0.1, 0.15) is 83.5 Å². The summed E-state index contributed by atoms with van der Waals surface area (Å²) in [7, 11) is 0. The number of nitrogens with zero attached hydrogens (tertiary/aromatic N) is 1. The van der Waals surface area contributed by atoms with Crippen LogP contribution in [0.4, 0.5) is 0 Å². The Hall–Kier alpha value is -4.59. The molecule has 12 heteroatoms. The van der Waals surface area contributed by atoms with Gasteiger partial charge in [0, 0.05) is 43.3 Å². The van der Waals surface area contributed by atoms with Gasteiger partial charge >= 0.3 is 5.97 Å². The normalized spacial score (nSPS) is 17.2. The fourth-order valence-corrected chi connectivity index (χ4v) is 6.69. The number of amides is 2. The fourth-order valence-electron chi connectivity index (χ4n) is 5.68. The number of aromatic carboxylic acids is 1. The number of hydroxylamine groups is 1. The molecule has 5 rings (SSSR count). The summed E-state index contributed by atoms with van der Waals surface area (Å²) < 4.78 is 13.0. The predicted octanol–water partition coefficient (Wildman–Crippen LogP) is 6.35. The maximum absolute atomic E-state index is 12.4. The molecule has 1 aliphatic heterocycles. The van der Waals surface area contributed by atoms with Crippen molar-refractivity contribution < 1.29 is 39.3 Å². The lowest BCUT2D eigenvalue weighted by Crippen LogP contribution is -2.31. The molecule has 11 nitrogen and oxygen atoms in total. The second-order valence-electron chi connectivity index (χ2n) is 12.0. The van der Waals surface area contributed by atoms with Crippen LogP contribution in [0.15, 0.2) is 96.2 Å². The Bertz CT molecular complexity index is 1750. The van der Waals surface area contributed by atoms with Gasteiger partial charge in [0.1, 0.15) is 5.03 Å². The van der Waals surface area contributed by atoms with Crippen molar-refractivity contribution in [1.82, 2.24) is 15.8 Å². The van der Waals surface area contributed by atoms with Crippen molar-refractivity contribution in [2.45, 2.75) is 75.2 Å². The van der Waals surface area contributed by atoms with Crippen LogP contribution in [0.3, 0.4) is 0 Å². The van der Waals surface area contributed by atoms with E-state index >= 15 is 0 Å². The van der Waals surface area contributed by atoms with Gasteiger partial charge in [-0.2, -0.15) is 0 Å². The van der Waals surface area contributed by atoms with E-state index in [0.29, 0.717) is 49.4 Å². The van der Waals surface area contributed by atoms with E-state index in [1.54, 1.807) is 23.8 Å². The Kier molecular flexibility index (Phi) is 13.5. The second-order valence-corrected chi connectivity index (χ2v) is 13.0. The average Bonchev–Trinajstić information content (AvgIpc) is 3.16. The van der Waals surface area contributed by atoms with Crippen LogP contribution < -0.4 is 10.8 Å². The molecule has 0 bridgehead atoms. The molecule has 5 N–H and O–H groups in total. The molecule has 2 heterocycles. The molecule has 4 aromatic rings. The zero-order chi connectivity index (χ0) is 35.3. The number of thioether (sulfide) groups is 1. The van der Waals surface area contributed by atoms with Gasteiger partial charge in [-0.15, -0.1) is 11.8 Å². The number of carbonyl (C=O) groups is 3. The predicted molar refractivity (Wildman–Crippen MR) is 187 cm³/mol. The first-order chi connectivity index (χ1) is 24.3. The second kappa shape index (κ2) is 18.4. The number of benzene rings is 3. The summed E-state index contributed by atoms with van der Waals surface area (Å²) in [6, 6.07) is 26.7. The van der Waals surface area contributed by atoms with Crippen molar-refractivity contribution in [1.29, 1.82) is 0 Å². The number of unbranched alkanes of at least 4 members (excludes halogenated alkanes) is 2. The Labute approximate surface area is 295 Å². The SMILES string of the molecule is O=C(CCCCCC(=O)NCc1cccc(-c2cccc([C@H]3O[C@@H](CSc4ncccc4C(=O)O)C[C@@H](c4ccc(CO)cc4)O3)c2)c1)NO. The number of carboxylic acid groups (broad SMARTS) is 1. The van der Waals surface area contributed by atoms with Crippen molar-refractivity contribution in [3.05, 3.63) is 119 Å². The largest absolute Gasteiger partial charge is 0.478 e. The highest BCUT2D eigenvalue weighted by molar-refractivity contribution is 7.99. The number of pyridine rings is 1. The highest BCUT2D eigenvalue weighted by Crippen LogP contribution is 2.40. The molecule has 2 amide bonds. The molecule has 1 saturated heterocycles. The van der Waals surface area contributed by atoms with Gasteiger partial charge in [0.25, 0.3) is 0 Å². The smallest absolute Gasteiger partial charge is 0.338 e. The van der Waals surface area contributed by atoms with Gasteiger partial charge in [0.05, 0.1) is 24.4 Å². The number of hydrogen-bond acceptors (Lipinski definition) is 9. The molecule has 3 atom stereocenters. The molecule has 0 aliphatic carbocycles. The van der Waals surface area contributed by atoms with E-state index in [9.17, 15) is 24.6 Å². The summed E-state index contributed by atoms with van der Waals surface area (Å²) in [4.78, 5) is 39.6. The van der Waals surface area contributed by atoms with Crippen LogP contribution in [-0.4, -0.2) is 50.0 Å². The average molecular weight is 700 g/mol. The van der Waals surface area contributed by atoms with E-state index in [-0.39, 0.29) is 36.7 Å². The van der Waals surface area contributed by atoms with Crippen molar-refractivity contribution in [3.63, 3.8) is 0 Å². The van der Waals surface area contributed by atoms with E-state index in [1.807, 2.05) is 72.8 Å². The zero-order valence-corrected chi connectivity index (χ0v) is 28.3. The summed E-state index contributed by atoms with van der Waals surface area (Å²) in [5, 5.41) is 31.1. The molecule has 0 spiro atoms. The third kappa shape index (κ3) is 10.5. The summed E-state index contributed by atoms with van der Waals surface area (Å²) >= 11 is 1.34. The monoisotopic (exact) mass is 699 g/mol. The summed E-state index contributed by atoms with van der Waals surface area (Å²) in [5.74, 6) is -1.05. The van der Waals surface area contributed by atoms with E-state index < -0.39 is 18.2 Å². The van der Waals surface area contributed by atoms with Crippen LogP contribution in [0.25, 0.3) is 11.1 Å². The molecule has 262 valence electrons. The van der Waals surface area contributed by atoms with Gasteiger partial charge in [-0.25, -0.2) is 15.3 Å². The highest BCUT2D eigenvalue weighted by atomic mass is 32.2. The Morgan fingerprint density at radius 1 is 0.820 bits per heavy atom. The lowest BCUT2D eigenvalue weighted by molar-refractivity contribution is -0.245. The number of aliphatic hydroxyl groups is 1. The van der Waals surface area contributed by atoms with Gasteiger partial charge in [-0.3, -0.25) is 14.8 Å². The highest BCUT2D eigenvalue weighted by Gasteiger charge is 2.33. The van der Waals surface area contributed by atoms with Crippen molar-refractivity contribution in [2.75, 3.05) is 5.75 Å². The Morgan fingerprint density at radius 2 is 1.56 bits per heavy atom. The van der Waals surface area contributed by atoms with Crippen molar-refractivity contribution >= 4 is 29.5 Å². The van der Waals surface area contributed by atoms with E-state index in [1.165, 1.54) is 11.8 Å². The molecule has 1 fully saturated rings. The van der Waals surface area contributed by atoms with Crippen LogP contribution in [0, 0.1) is 0 Å². The summed E-state index contributed by atoms with van der Waals surface area (Å²) in [5.41, 5.74) is 7.21. The van der Waals surface area contributed by atoms with Gasteiger partial charge in [0.2, 0.25) is 11.8 Å². The summed E-state index contributed by atoms with van der Waals surface area (Å²) in [6.07, 6.45) is 3.42. The van der Waals surface area contributed by atoms with E-state index in [0.717, 1.165) is 33.4 Å². The van der Waals surface area contributed by atoms with Gasteiger partial charge in [-0.05, 0) is 64.9 Å². The molecule has 1 aliphatic rings. The first-order valence-electron chi connectivity index (χ1n) is 16.5. The zero-order valence-electron chi connectivity index (χ0n) is 27.5. The van der Waals surface area contributed by atoms with Gasteiger partial charge in [-0.1, -0.05) is 67.1 Å². The topological polar surface area (TPSA) is 167 Å². The third-order valence-electron chi connectivity index (χ3n) is 8.36. The fraction of sp³-hybridized carbons (Fsp3) is 0.316. The molecule has 0 unspecified atom stereocenters. The first kappa shape index (κ1) is 36.7. The molecule has 3 aromatic carbocycles. The molecule has 0 saturated carbocycles. The minimum Gasteiger partial charge on any atom is -0.478 e. The number of ether oxygens (including phenoxy) is 2. The molecule has 50 heavy (non-hydrogen) atoms. The lowest BCUT2D eigenvalue weighted by atomic mass is 9.99. The van der Waals surface area contributed by atoms with Gasteiger partial charge < -0.3 is 25.0 Å². The van der Waals surface area contributed by atoms with Crippen molar-refractivity contribution in [2.24, 2.45) is 0 Å². The maximum Gasteiger partial charge on any atom is 0.338 e.